The van der Waals surface area contributed by atoms with Gasteiger partial charge in [0.15, 0.2) is 11.5 Å². The number of aryl methyl sites for hydroxylation is 3. The van der Waals surface area contributed by atoms with Gasteiger partial charge in [-0.3, -0.25) is 9.69 Å². The van der Waals surface area contributed by atoms with Crippen molar-refractivity contribution in [3.8, 4) is 11.5 Å². The Labute approximate surface area is 194 Å². The molecular weight excluding hydrogens is 418 g/mol. The number of rotatable bonds is 7. The molecule has 0 aliphatic carbocycles. The zero-order chi connectivity index (χ0) is 23.4. The Morgan fingerprint density at radius 1 is 1.03 bits per heavy atom. The number of amides is 1. The number of hydrogen-bond donors (Lipinski definition) is 0. The van der Waals surface area contributed by atoms with Crippen molar-refractivity contribution < 1.29 is 18.8 Å². The maximum atomic E-state index is 13.1. The lowest BCUT2D eigenvalue weighted by Crippen LogP contribution is -2.48. The maximum absolute atomic E-state index is 13.1. The summed E-state index contributed by atoms with van der Waals surface area (Å²) in [5, 5.41) is 3.95. The van der Waals surface area contributed by atoms with E-state index in [2.05, 4.69) is 41.2 Å². The van der Waals surface area contributed by atoms with Crippen molar-refractivity contribution >= 4 is 5.91 Å². The van der Waals surface area contributed by atoms with Crippen LogP contribution in [-0.4, -0.2) is 54.2 Å². The van der Waals surface area contributed by atoms with Crippen LogP contribution < -0.4 is 9.47 Å². The number of benzene rings is 2. The van der Waals surface area contributed by atoms with Crippen LogP contribution in [0.3, 0.4) is 0 Å². The van der Waals surface area contributed by atoms with E-state index in [1.807, 2.05) is 18.7 Å². The maximum Gasteiger partial charge on any atom is 0.254 e. The molecule has 4 rings (SSSR count). The highest BCUT2D eigenvalue weighted by molar-refractivity contribution is 5.95. The minimum Gasteiger partial charge on any atom is -0.493 e. The number of carbonyl (C=O) groups is 1. The number of methoxy groups -OCH3 is 1. The zero-order valence-electron chi connectivity index (χ0n) is 19.8. The largest absolute Gasteiger partial charge is 0.493 e. The molecule has 2 heterocycles. The van der Waals surface area contributed by atoms with E-state index in [-0.39, 0.29) is 5.91 Å². The molecular formula is C26H31N3O4. The van der Waals surface area contributed by atoms with Crippen LogP contribution in [0, 0.1) is 20.8 Å². The molecule has 0 radical (unpaired) electrons. The van der Waals surface area contributed by atoms with Crippen LogP contribution in [0.1, 0.15) is 38.5 Å². The van der Waals surface area contributed by atoms with Gasteiger partial charge in [-0.25, -0.2) is 0 Å². The predicted octanol–water partition coefficient (Wildman–Crippen LogP) is 4.15. The minimum absolute atomic E-state index is 0.0146. The van der Waals surface area contributed by atoms with Crippen molar-refractivity contribution in [2.75, 3.05) is 33.3 Å². The van der Waals surface area contributed by atoms with Crippen LogP contribution >= 0.6 is 0 Å². The molecule has 33 heavy (non-hydrogen) atoms. The summed E-state index contributed by atoms with van der Waals surface area (Å²) in [6, 6.07) is 13.9. The quantitative estimate of drug-likeness (QED) is 0.540. The third-order valence-electron chi connectivity index (χ3n) is 6.11. The van der Waals surface area contributed by atoms with Crippen molar-refractivity contribution in [2.24, 2.45) is 0 Å². The summed E-state index contributed by atoms with van der Waals surface area (Å²) in [6.07, 6.45) is 0. The topological polar surface area (TPSA) is 68.0 Å². The number of nitrogens with zero attached hydrogens (tertiary/aromatic N) is 3. The Balaban J connectivity index is 1.36. The molecule has 0 N–H and O–H groups in total. The first-order valence-corrected chi connectivity index (χ1v) is 11.2. The standard InChI is InChI=1S/C26H31N3O4/c1-18-6-5-7-21(14-18)16-28-10-12-29(13-11-28)26(30)22-8-9-24(25(15-22)31-4)32-17-23-19(2)27-33-20(23)3/h5-9,14-15H,10-13,16-17H2,1-4H3. The molecule has 7 nitrogen and oxygen atoms in total. The molecule has 0 spiro atoms. The molecule has 0 atom stereocenters. The molecule has 3 aromatic rings. The second kappa shape index (κ2) is 10.1. The summed E-state index contributed by atoms with van der Waals surface area (Å²) < 4.78 is 16.6. The average molecular weight is 450 g/mol. The van der Waals surface area contributed by atoms with E-state index < -0.39 is 0 Å². The third kappa shape index (κ3) is 5.37. The third-order valence-corrected chi connectivity index (χ3v) is 6.11. The summed E-state index contributed by atoms with van der Waals surface area (Å²) in [5.41, 5.74) is 4.91. The van der Waals surface area contributed by atoms with Gasteiger partial charge in [0.05, 0.1) is 18.4 Å². The second-order valence-corrected chi connectivity index (χ2v) is 8.51. The summed E-state index contributed by atoms with van der Waals surface area (Å²) in [5.74, 6) is 1.86. The van der Waals surface area contributed by atoms with E-state index in [9.17, 15) is 4.79 Å². The van der Waals surface area contributed by atoms with Gasteiger partial charge in [0, 0.05) is 38.3 Å². The minimum atomic E-state index is 0.0146. The Kier molecular flexibility index (Phi) is 6.99. The fraction of sp³-hybridized carbons (Fsp3) is 0.385. The summed E-state index contributed by atoms with van der Waals surface area (Å²) in [6.45, 7) is 10.2. The van der Waals surface area contributed by atoms with Crippen LogP contribution in [0.5, 0.6) is 11.5 Å². The van der Waals surface area contributed by atoms with Crippen LogP contribution in [0.15, 0.2) is 47.0 Å². The molecule has 1 aromatic heterocycles. The second-order valence-electron chi connectivity index (χ2n) is 8.51. The number of hydrogen-bond acceptors (Lipinski definition) is 6. The molecule has 174 valence electrons. The van der Waals surface area contributed by atoms with E-state index in [4.69, 9.17) is 14.0 Å². The lowest BCUT2D eigenvalue weighted by Gasteiger charge is -2.35. The van der Waals surface area contributed by atoms with Crippen LogP contribution in [0.2, 0.25) is 0 Å². The Morgan fingerprint density at radius 2 is 1.82 bits per heavy atom. The van der Waals surface area contributed by atoms with E-state index in [1.54, 1.807) is 25.3 Å². The van der Waals surface area contributed by atoms with Crippen molar-refractivity contribution in [3.63, 3.8) is 0 Å². The fourth-order valence-electron chi connectivity index (χ4n) is 4.14. The van der Waals surface area contributed by atoms with Crippen LogP contribution in [0.25, 0.3) is 0 Å². The van der Waals surface area contributed by atoms with Crippen molar-refractivity contribution in [1.82, 2.24) is 15.0 Å². The monoisotopic (exact) mass is 449 g/mol. The predicted molar refractivity (Wildman–Crippen MR) is 126 cm³/mol. The molecule has 1 aliphatic rings. The highest BCUT2D eigenvalue weighted by Gasteiger charge is 2.23. The van der Waals surface area contributed by atoms with Crippen molar-refractivity contribution in [1.29, 1.82) is 0 Å². The Hall–Kier alpha value is -3.32. The van der Waals surface area contributed by atoms with Gasteiger partial charge in [0.1, 0.15) is 12.4 Å². The lowest BCUT2D eigenvalue weighted by atomic mass is 10.1. The van der Waals surface area contributed by atoms with Crippen molar-refractivity contribution in [3.05, 3.63) is 76.2 Å². The summed E-state index contributed by atoms with van der Waals surface area (Å²) >= 11 is 0. The van der Waals surface area contributed by atoms with Crippen LogP contribution in [-0.2, 0) is 13.2 Å². The molecule has 0 unspecified atom stereocenters. The van der Waals surface area contributed by atoms with E-state index >= 15 is 0 Å². The van der Waals surface area contributed by atoms with Gasteiger partial charge in [-0.05, 0) is 44.5 Å². The Morgan fingerprint density at radius 3 is 2.48 bits per heavy atom. The lowest BCUT2D eigenvalue weighted by molar-refractivity contribution is 0.0628. The summed E-state index contributed by atoms with van der Waals surface area (Å²) in [7, 11) is 1.58. The smallest absolute Gasteiger partial charge is 0.254 e. The average Bonchev–Trinajstić information content (AvgIpc) is 3.14. The molecule has 0 bridgehead atoms. The number of piperazine rings is 1. The van der Waals surface area contributed by atoms with Gasteiger partial charge in [-0.15, -0.1) is 0 Å². The first-order valence-electron chi connectivity index (χ1n) is 11.2. The molecule has 1 fully saturated rings. The first kappa shape index (κ1) is 22.9. The highest BCUT2D eigenvalue weighted by atomic mass is 16.5. The normalized spacial score (nSPS) is 14.4. The highest BCUT2D eigenvalue weighted by Crippen LogP contribution is 2.30. The van der Waals surface area contributed by atoms with Gasteiger partial charge < -0.3 is 18.9 Å². The van der Waals surface area contributed by atoms with Gasteiger partial charge in [-0.2, -0.15) is 0 Å². The number of ether oxygens (including phenoxy) is 2. The van der Waals surface area contributed by atoms with E-state index in [1.165, 1.54) is 11.1 Å². The van der Waals surface area contributed by atoms with Crippen molar-refractivity contribution in [2.45, 2.75) is 33.9 Å². The molecule has 1 saturated heterocycles. The fourth-order valence-corrected chi connectivity index (χ4v) is 4.14. The zero-order valence-corrected chi connectivity index (χ0v) is 19.8. The van der Waals surface area contributed by atoms with Gasteiger partial charge in [0.25, 0.3) is 5.91 Å². The molecule has 1 aliphatic heterocycles. The molecule has 2 aromatic carbocycles. The van der Waals surface area contributed by atoms with Gasteiger partial charge >= 0.3 is 0 Å². The van der Waals surface area contributed by atoms with E-state index in [0.29, 0.717) is 36.8 Å². The summed E-state index contributed by atoms with van der Waals surface area (Å²) in [4.78, 5) is 17.4. The number of aromatic nitrogens is 1. The first-order chi connectivity index (χ1) is 15.9. The molecule has 0 saturated carbocycles. The molecule has 1 amide bonds. The van der Waals surface area contributed by atoms with Gasteiger partial charge in [-0.1, -0.05) is 35.0 Å². The van der Waals surface area contributed by atoms with Crippen LogP contribution in [0.4, 0.5) is 0 Å². The number of carbonyl (C=O) groups excluding carboxylic acids is 1. The Bertz CT molecular complexity index is 1100. The van der Waals surface area contributed by atoms with Gasteiger partial charge in [0.2, 0.25) is 0 Å². The molecule has 7 heteroatoms. The SMILES string of the molecule is COc1cc(C(=O)N2CCN(Cc3cccc(C)c3)CC2)ccc1OCc1c(C)noc1C. The van der Waals surface area contributed by atoms with E-state index in [0.717, 1.165) is 36.7 Å².